The molecule has 0 aliphatic heterocycles. The highest BCUT2D eigenvalue weighted by Crippen LogP contribution is 2.38. The Bertz CT molecular complexity index is 725. The number of hydrogen-bond acceptors (Lipinski definition) is 8. The minimum Gasteiger partial charge on any atom is -0.459 e. The third kappa shape index (κ3) is 7.43. The molecular weight excluding hydrogens is 504 g/mol. The predicted octanol–water partition coefficient (Wildman–Crippen LogP) is 2.27. The van der Waals surface area contributed by atoms with E-state index in [1.165, 1.54) is 24.3 Å². The van der Waals surface area contributed by atoms with Gasteiger partial charge in [-0.15, -0.1) is 0 Å². The molecule has 0 saturated carbocycles. The van der Waals surface area contributed by atoms with Crippen LogP contribution in [0.1, 0.15) is 6.42 Å². The molecular formula is C18H18Br2O8. The number of allylic oxidation sites excluding steroid dienone is 1. The molecule has 10 heteroatoms. The fraction of sp³-hybridized carbons (Fsp3) is 0.333. The van der Waals surface area contributed by atoms with Gasteiger partial charge in [0.05, 0.1) is 5.57 Å². The van der Waals surface area contributed by atoms with Crippen molar-refractivity contribution in [1.29, 1.82) is 0 Å². The van der Waals surface area contributed by atoms with E-state index in [-0.39, 0.29) is 25.2 Å². The average molecular weight is 522 g/mol. The maximum atomic E-state index is 12.3. The van der Waals surface area contributed by atoms with Crippen LogP contribution in [0.3, 0.4) is 0 Å². The Balaban J connectivity index is 2.62. The second-order valence-electron chi connectivity index (χ2n) is 5.29. The number of halogens is 2. The van der Waals surface area contributed by atoms with Gasteiger partial charge in [-0.25, -0.2) is 14.4 Å². The van der Waals surface area contributed by atoms with E-state index in [1.54, 1.807) is 0 Å². The molecule has 0 aromatic heterocycles. The van der Waals surface area contributed by atoms with Gasteiger partial charge in [0.1, 0.15) is 17.5 Å². The van der Waals surface area contributed by atoms with Crippen molar-refractivity contribution in [3.8, 4) is 0 Å². The summed E-state index contributed by atoms with van der Waals surface area (Å²) in [6, 6.07) is 0. The maximum Gasteiger partial charge on any atom is 0.344 e. The summed E-state index contributed by atoms with van der Waals surface area (Å²) >= 11 is 6.46. The van der Waals surface area contributed by atoms with Gasteiger partial charge >= 0.3 is 23.9 Å². The van der Waals surface area contributed by atoms with E-state index in [0.29, 0.717) is 4.48 Å². The van der Waals surface area contributed by atoms with E-state index < -0.39 is 41.4 Å². The second kappa shape index (κ2) is 11.6. The molecule has 8 nitrogen and oxygen atoms in total. The van der Waals surface area contributed by atoms with Crippen molar-refractivity contribution in [3.63, 3.8) is 0 Å². The van der Waals surface area contributed by atoms with Gasteiger partial charge in [-0.2, -0.15) is 0 Å². The first-order chi connectivity index (χ1) is 13.2. The molecule has 0 aromatic carbocycles. The lowest BCUT2D eigenvalue weighted by Gasteiger charge is -2.25. The Morgan fingerprint density at radius 2 is 1.54 bits per heavy atom. The third-order valence-corrected chi connectivity index (χ3v) is 4.72. The van der Waals surface area contributed by atoms with Crippen molar-refractivity contribution in [1.82, 2.24) is 0 Å². The molecule has 0 spiro atoms. The largest absolute Gasteiger partial charge is 0.459 e. The lowest BCUT2D eigenvalue weighted by Crippen LogP contribution is -2.35. The van der Waals surface area contributed by atoms with Gasteiger partial charge in [0.25, 0.3) is 0 Å². The van der Waals surface area contributed by atoms with E-state index in [0.717, 1.165) is 0 Å². The highest BCUT2D eigenvalue weighted by Gasteiger charge is 2.39. The van der Waals surface area contributed by atoms with Crippen molar-refractivity contribution in [3.05, 3.63) is 47.5 Å². The number of ether oxygens (including phenoxy) is 4. The fourth-order valence-corrected chi connectivity index (χ4v) is 3.48. The van der Waals surface area contributed by atoms with Crippen LogP contribution in [0.2, 0.25) is 0 Å². The van der Waals surface area contributed by atoms with E-state index in [4.69, 9.17) is 18.9 Å². The van der Waals surface area contributed by atoms with E-state index in [1.807, 2.05) is 0 Å². The number of rotatable bonds is 10. The van der Waals surface area contributed by atoms with Crippen LogP contribution < -0.4 is 0 Å². The Kier molecular flexibility index (Phi) is 9.88. The minimum absolute atomic E-state index is 0.0105. The molecule has 1 rings (SSSR count). The van der Waals surface area contributed by atoms with Crippen LogP contribution in [0, 0.1) is 0 Å². The first kappa shape index (κ1) is 23.8. The predicted molar refractivity (Wildman–Crippen MR) is 106 cm³/mol. The highest BCUT2D eigenvalue weighted by molar-refractivity contribution is 9.12. The molecule has 0 fully saturated rings. The van der Waals surface area contributed by atoms with E-state index >= 15 is 0 Å². The summed E-state index contributed by atoms with van der Waals surface area (Å²) in [7, 11) is 0. The monoisotopic (exact) mass is 520 g/mol. The van der Waals surface area contributed by atoms with Crippen molar-refractivity contribution in [2.24, 2.45) is 0 Å². The second-order valence-corrected chi connectivity index (χ2v) is 7.66. The summed E-state index contributed by atoms with van der Waals surface area (Å²) in [6.07, 6.45) is 5.53. The summed E-state index contributed by atoms with van der Waals surface area (Å²) in [5.41, 5.74) is 0.129. The normalized spacial score (nSPS) is 18.1. The molecule has 0 heterocycles. The summed E-state index contributed by atoms with van der Waals surface area (Å²) in [5.74, 6) is -2.94. The van der Waals surface area contributed by atoms with Gasteiger partial charge in [-0.3, -0.25) is 4.79 Å². The van der Waals surface area contributed by atoms with Gasteiger partial charge in [-0.05, 0) is 6.08 Å². The molecule has 0 radical (unpaired) electrons. The molecule has 1 atom stereocenters. The zero-order chi connectivity index (χ0) is 21.2. The first-order valence-corrected chi connectivity index (χ1v) is 9.46. The summed E-state index contributed by atoms with van der Waals surface area (Å²) in [4.78, 5) is 47.1. The standard InChI is InChI=1S/C18H18Br2O8/c1-3-7-25-14(21)10-27-16(23)12-5-6-18(20,9-13(12)19)17(24)28-11-15(22)26-8-4-2/h3-6H,1-2,7-11H2. The Hall–Kier alpha value is -2.20. The molecule has 1 aliphatic rings. The quantitative estimate of drug-likeness (QED) is 0.186. The zero-order valence-corrected chi connectivity index (χ0v) is 18.0. The molecule has 152 valence electrons. The molecule has 28 heavy (non-hydrogen) atoms. The van der Waals surface area contributed by atoms with Gasteiger partial charge in [0, 0.05) is 10.9 Å². The topological polar surface area (TPSA) is 105 Å². The summed E-state index contributed by atoms with van der Waals surface area (Å²) < 4.78 is 18.3. The van der Waals surface area contributed by atoms with Gasteiger partial charge in [-0.1, -0.05) is 63.2 Å². The van der Waals surface area contributed by atoms with Crippen molar-refractivity contribution >= 4 is 55.7 Å². The SMILES string of the molecule is C=CCOC(=O)COC(=O)C1=C(Br)CC(Br)(C(=O)OCC(=O)OCC=C)C=C1. The first-order valence-electron chi connectivity index (χ1n) is 7.87. The smallest absolute Gasteiger partial charge is 0.344 e. The van der Waals surface area contributed by atoms with Crippen LogP contribution in [0.25, 0.3) is 0 Å². The molecule has 1 unspecified atom stereocenters. The lowest BCUT2D eigenvalue weighted by molar-refractivity contribution is -0.158. The lowest BCUT2D eigenvalue weighted by atomic mass is 9.96. The fourth-order valence-electron chi connectivity index (χ4n) is 1.84. The average Bonchev–Trinajstić information content (AvgIpc) is 2.66. The van der Waals surface area contributed by atoms with Crippen molar-refractivity contribution < 1.29 is 38.1 Å². The number of esters is 4. The third-order valence-electron chi connectivity index (χ3n) is 3.14. The molecule has 0 aromatic rings. The Labute approximate surface area is 178 Å². The van der Waals surface area contributed by atoms with Crippen LogP contribution in [-0.2, 0) is 38.1 Å². The van der Waals surface area contributed by atoms with Gasteiger partial charge in [0.2, 0.25) is 0 Å². The van der Waals surface area contributed by atoms with Crippen LogP contribution in [0.15, 0.2) is 47.5 Å². The van der Waals surface area contributed by atoms with E-state index in [2.05, 4.69) is 45.0 Å². The molecule has 0 N–H and O–H groups in total. The Morgan fingerprint density at radius 3 is 2.04 bits per heavy atom. The summed E-state index contributed by atoms with van der Waals surface area (Å²) in [5, 5.41) is 0. The number of carbonyl (C=O) groups excluding carboxylic acids is 4. The zero-order valence-electron chi connectivity index (χ0n) is 14.8. The van der Waals surface area contributed by atoms with E-state index in [9.17, 15) is 19.2 Å². The molecule has 0 saturated heterocycles. The maximum absolute atomic E-state index is 12.3. The Morgan fingerprint density at radius 1 is 1.00 bits per heavy atom. The highest BCUT2D eigenvalue weighted by atomic mass is 79.9. The number of hydrogen-bond donors (Lipinski definition) is 0. The number of alkyl halides is 1. The van der Waals surface area contributed by atoms with Gasteiger partial charge < -0.3 is 18.9 Å². The summed E-state index contributed by atoms with van der Waals surface area (Å²) in [6.45, 7) is 5.70. The molecule has 0 amide bonds. The van der Waals surface area contributed by atoms with Crippen molar-refractivity contribution in [2.75, 3.05) is 26.4 Å². The van der Waals surface area contributed by atoms with Crippen LogP contribution >= 0.6 is 31.9 Å². The molecule has 1 aliphatic carbocycles. The van der Waals surface area contributed by atoms with Crippen LogP contribution in [-0.4, -0.2) is 54.6 Å². The minimum atomic E-state index is -1.28. The van der Waals surface area contributed by atoms with Crippen molar-refractivity contribution in [2.45, 2.75) is 10.7 Å². The van der Waals surface area contributed by atoms with Crippen LogP contribution in [0.4, 0.5) is 0 Å². The number of carbonyl (C=O) groups is 4. The van der Waals surface area contributed by atoms with Crippen LogP contribution in [0.5, 0.6) is 0 Å². The molecule has 0 bridgehead atoms. The van der Waals surface area contributed by atoms with Gasteiger partial charge in [0.15, 0.2) is 13.2 Å².